The maximum Gasteiger partial charge on any atom is 0.176 e. The summed E-state index contributed by atoms with van der Waals surface area (Å²) >= 11 is 12.7. The lowest BCUT2D eigenvalue weighted by molar-refractivity contribution is 0.593. The summed E-state index contributed by atoms with van der Waals surface area (Å²) in [6.45, 7) is 4.55. The zero-order chi connectivity index (χ0) is 26.4. The number of aryl methyl sites for hydroxylation is 2. The molecule has 1 nitrogen and oxygen atoms in total. The van der Waals surface area contributed by atoms with Crippen molar-refractivity contribution >= 4 is 132 Å². The van der Waals surface area contributed by atoms with E-state index in [-0.39, 0.29) is 0 Å². The molecule has 0 spiro atoms. The van der Waals surface area contributed by atoms with E-state index in [2.05, 4.69) is 83.3 Å². The molecule has 8 heteroatoms. The van der Waals surface area contributed by atoms with Gasteiger partial charge in [-0.2, -0.15) is 0 Å². The Kier molecular flexibility index (Phi) is 8.84. The van der Waals surface area contributed by atoms with E-state index in [1.165, 1.54) is 96.8 Å². The first-order chi connectivity index (χ1) is 18.5. The van der Waals surface area contributed by atoms with Crippen molar-refractivity contribution < 1.29 is 4.57 Å². The van der Waals surface area contributed by atoms with Gasteiger partial charge < -0.3 is 4.57 Å². The van der Waals surface area contributed by atoms with Crippen molar-refractivity contribution in [2.45, 2.75) is 78.1 Å². The molecule has 200 valence electrons. The van der Waals surface area contributed by atoms with E-state index < -0.39 is 7.14 Å². The third-order valence-electron chi connectivity index (χ3n) is 7.60. The molecule has 1 aliphatic heterocycles. The van der Waals surface area contributed by atoms with Gasteiger partial charge in [-0.3, -0.25) is 0 Å². The highest BCUT2D eigenvalue weighted by atomic mass is 127. The summed E-state index contributed by atoms with van der Waals surface area (Å²) in [5.41, 5.74) is 3.01. The Balaban J connectivity index is 1.53. The van der Waals surface area contributed by atoms with Crippen LogP contribution in [0.4, 0.5) is 0 Å². The molecule has 1 aliphatic rings. The van der Waals surface area contributed by atoms with Gasteiger partial charge >= 0.3 is 0 Å². The number of hydrogen-bond donors (Lipinski definition) is 0. The predicted octanol–water partition coefficient (Wildman–Crippen LogP) is 11.3. The normalized spacial score (nSPS) is 14.1. The molecule has 0 fully saturated rings. The van der Waals surface area contributed by atoms with E-state index in [0.29, 0.717) is 0 Å². The van der Waals surface area contributed by atoms with E-state index in [1.807, 2.05) is 51.4 Å². The van der Waals surface area contributed by atoms with E-state index in [4.69, 9.17) is 0 Å². The standard InChI is InChI=1S/C30H31I2OPS4/c1-3-5-7-12-16-19-23-25(37-29(19)31)21-27(35-23)28-22(34(21,33)18-14-10-9-11-15-18)26-24(36-28)20(30(32)38-26)17-13-8-6-4-2/h9-11,14-15H,3-8,12-13,16-17H2,1-2H3. The molecule has 4 aromatic heterocycles. The van der Waals surface area contributed by atoms with Crippen LogP contribution >= 0.6 is 97.7 Å². The van der Waals surface area contributed by atoms with Gasteiger partial charge in [0, 0.05) is 5.30 Å². The van der Waals surface area contributed by atoms with Gasteiger partial charge in [0.2, 0.25) is 0 Å². The van der Waals surface area contributed by atoms with Crippen molar-refractivity contribution in [3.63, 3.8) is 0 Å². The molecule has 0 radical (unpaired) electrons. The molecule has 0 saturated carbocycles. The SMILES string of the molecule is CCCCCCc1c(I)sc2c3c(sc12)-c1sc2c(CCCCCC)c(I)sc2c1P3(=O)c1ccccc1. The van der Waals surface area contributed by atoms with E-state index in [9.17, 15) is 0 Å². The summed E-state index contributed by atoms with van der Waals surface area (Å²) < 4.78 is 23.9. The van der Waals surface area contributed by atoms with Crippen LogP contribution in [0.2, 0.25) is 0 Å². The first kappa shape index (κ1) is 28.4. The van der Waals surface area contributed by atoms with Gasteiger partial charge in [0.1, 0.15) is 0 Å². The summed E-state index contributed by atoms with van der Waals surface area (Å²) in [6, 6.07) is 10.4. The molecule has 5 aromatic rings. The van der Waals surface area contributed by atoms with Crippen LogP contribution in [-0.4, -0.2) is 0 Å². The minimum atomic E-state index is -2.95. The van der Waals surface area contributed by atoms with Crippen molar-refractivity contribution in [1.82, 2.24) is 0 Å². The molecule has 0 bridgehead atoms. The largest absolute Gasteiger partial charge is 0.308 e. The Morgan fingerprint density at radius 1 is 0.632 bits per heavy atom. The van der Waals surface area contributed by atoms with Crippen molar-refractivity contribution in [2.24, 2.45) is 0 Å². The number of rotatable bonds is 11. The lowest BCUT2D eigenvalue weighted by atomic mass is 10.1. The fraction of sp³-hybridized carbons (Fsp3) is 0.400. The fourth-order valence-electron chi connectivity index (χ4n) is 5.65. The molecule has 38 heavy (non-hydrogen) atoms. The molecule has 0 amide bonds. The highest BCUT2D eigenvalue weighted by molar-refractivity contribution is 14.1. The van der Waals surface area contributed by atoms with Gasteiger partial charge in [-0.1, -0.05) is 82.7 Å². The van der Waals surface area contributed by atoms with Crippen LogP contribution in [0, 0.1) is 5.77 Å². The highest BCUT2D eigenvalue weighted by Crippen LogP contribution is 2.63. The maximum atomic E-state index is 15.7. The lowest BCUT2D eigenvalue weighted by Crippen LogP contribution is -2.20. The Morgan fingerprint density at radius 3 is 1.55 bits per heavy atom. The van der Waals surface area contributed by atoms with Crippen LogP contribution in [0.15, 0.2) is 30.3 Å². The maximum absolute atomic E-state index is 15.7. The van der Waals surface area contributed by atoms with Crippen LogP contribution in [0.5, 0.6) is 0 Å². The average Bonchev–Trinajstić information content (AvgIpc) is 3.66. The third-order valence-corrected chi connectivity index (χ3v) is 19.0. The Labute approximate surface area is 269 Å². The quantitative estimate of drug-likeness (QED) is 0.0723. The van der Waals surface area contributed by atoms with Gasteiger partial charge in [-0.05, 0) is 82.0 Å². The van der Waals surface area contributed by atoms with Gasteiger partial charge in [0.05, 0.1) is 44.9 Å². The number of thiophene rings is 4. The minimum Gasteiger partial charge on any atom is -0.308 e. The number of halogens is 2. The van der Waals surface area contributed by atoms with Gasteiger partial charge in [0.25, 0.3) is 0 Å². The topological polar surface area (TPSA) is 17.1 Å². The summed E-state index contributed by atoms with van der Waals surface area (Å²) in [5, 5.41) is 3.31. The molecule has 0 atom stereocenters. The summed E-state index contributed by atoms with van der Waals surface area (Å²) in [4.78, 5) is 2.61. The molecule has 0 unspecified atom stereocenters. The Hall–Kier alpha value is 0.230. The molecule has 1 aromatic carbocycles. The van der Waals surface area contributed by atoms with E-state index >= 15 is 4.57 Å². The molecule has 0 aliphatic carbocycles. The van der Waals surface area contributed by atoms with E-state index in [0.717, 1.165) is 28.8 Å². The van der Waals surface area contributed by atoms with Gasteiger partial charge in [-0.25, -0.2) is 0 Å². The zero-order valence-corrected chi connectivity index (χ0v) is 30.2. The number of hydrogen-bond acceptors (Lipinski definition) is 5. The lowest BCUT2D eigenvalue weighted by Gasteiger charge is -2.14. The van der Waals surface area contributed by atoms with Gasteiger partial charge in [-0.15, -0.1) is 45.3 Å². The van der Waals surface area contributed by atoms with Crippen molar-refractivity contribution in [3.8, 4) is 9.75 Å². The summed E-state index contributed by atoms with van der Waals surface area (Å²) in [6.07, 6.45) is 12.5. The molecular formula is C30H31I2OPS4. The average molecular weight is 821 g/mol. The molecular weight excluding hydrogens is 789 g/mol. The first-order valence-electron chi connectivity index (χ1n) is 13.6. The van der Waals surface area contributed by atoms with Crippen molar-refractivity contribution in [3.05, 3.63) is 47.2 Å². The Bertz CT molecular complexity index is 1560. The summed E-state index contributed by atoms with van der Waals surface area (Å²) in [7, 11) is -2.95. The fourth-order valence-corrected chi connectivity index (χ4v) is 18.8. The molecule has 6 rings (SSSR count). The van der Waals surface area contributed by atoms with Crippen LogP contribution in [-0.2, 0) is 17.4 Å². The third kappa shape index (κ3) is 4.66. The number of benzene rings is 1. The first-order valence-corrected chi connectivity index (χ1v) is 20.8. The number of unbranched alkanes of at least 4 members (excludes halogenated alkanes) is 6. The minimum absolute atomic E-state index is 1.00. The second kappa shape index (κ2) is 11.8. The molecule has 5 heterocycles. The highest BCUT2D eigenvalue weighted by Gasteiger charge is 2.47. The van der Waals surface area contributed by atoms with Crippen LogP contribution in [0.25, 0.3) is 28.6 Å². The van der Waals surface area contributed by atoms with Crippen LogP contribution < -0.4 is 15.9 Å². The van der Waals surface area contributed by atoms with E-state index in [1.54, 1.807) is 0 Å². The van der Waals surface area contributed by atoms with Crippen molar-refractivity contribution in [1.29, 1.82) is 0 Å². The van der Waals surface area contributed by atoms with Crippen molar-refractivity contribution in [2.75, 3.05) is 0 Å². The van der Waals surface area contributed by atoms with Gasteiger partial charge in [0.15, 0.2) is 7.14 Å². The number of fused-ring (bicyclic) bond motifs is 7. The predicted molar refractivity (Wildman–Crippen MR) is 192 cm³/mol. The Morgan fingerprint density at radius 2 is 1.11 bits per heavy atom. The monoisotopic (exact) mass is 820 g/mol. The second-order valence-corrected chi connectivity index (χ2v) is 20.5. The molecule has 0 N–H and O–H groups in total. The summed E-state index contributed by atoms with van der Waals surface area (Å²) in [5.74, 6) is 0. The smallest absolute Gasteiger partial charge is 0.176 e. The second-order valence-electron chi connectivity index (χ2n) is 10.2. The van der Waals surface area contributed by atoms with Crippen LogP contribution in [0.3, 0.4) is 0 Å². The van der Waals surface area contributed by atoms with Crippen LogP contribution in [0.1, 0.15) is 76.3 Å². The zero-order valence-electron chi connectivity index (χ0n) is 21.7. The molecule has 0 saturated heterocycles.